The molecule has 0 N–H and O–H groups in total. The van der Waals surface area contributed by atoms with Gasteiger partial charge in [-0.15, -0.1) is 11.3 Å². The minimum atomic E-state index is 0.0490. The van der Waals surface area contributed by atoms with Crippen LogP contribution in [0.15, 0.2) is 11.4 Å². The molecular weight excluding hydrogens is 246 g/mol. The van der Waals surface area contributed by atoms with Gasteiger partial charge in [0, 0.05) is 30.7 Å². The Morgan fingerprint density at radius 2 is 2.11 bits per heavy atom. The van der Waals surface area contributed by atoms with Crippen LogP contribution >= 0.6 is 11.3 Å². The first-order valence-electron chi connectivity index (χ1n) is 6.37. The molecule has 18 heavy (non-hydrogen) atoms. The molecule has 4 heteroatoms. The molecule has 1 aliphatic carbocycles. The highest BCUT2D eigenvalue weighted by molar-refractivity contribution is 7.10. The van der Waals surface area contributed by atoms with Crippen LogP contribution in [-0.4, -0.2) is 23.6 Å². The lowest BCUT2D eigenvalue weighted by molar-refractivity contribution is -0.136. The van der Waals surface area contributed by atoms with Crippen LogP contribution in [-0.2, 0) is 16.1 Å². The molecule has 1 heterocycles. The van der Waals surface area contributed by atoms with E-state index in [4.69, 9.17) is 0 Å². The summed E-state index contributed by atoms with van der Waals surface area (Å²) in [5.41, 5.74) is 1.25. The zero-order chi connectivity index (χ0) is 13.1. The molecule has 1 aliphatic rings. The third kappa shape index (κ3) is 2.99. The molecule has 0 bridgehead atoms. The fourth-order valence-corrected chi connectivity index (χ4v) is 3.32. The Kier molecular flexibility index (Phi) is 4.17. The summed E-state index contributed by atoms with van der Waals surface area (Å²) >= 11 is 1.69. The molecule has 0 aromatic carbocycles. The van der Waals surface area contributed by atoms with Gasteiger partial charge in [-0.3, -0.25) is 9.59 Å². The van der Waals surface area contributed by atoms with Crippen molar-refractivity contribution in [2.45, 2.75) is 39.2 Å². The fraction of sp³-hybridized carbons (Fsp3) is 0.571. The molecule has 3 nitrogen and oxygen atoms in total. The van der Waals surface area contributed by atoms with Gasteiger partial charge in [-0.2, -0.15) is 0 Å². The molecule has 0 aliphatic heterocycles. The number of nitrogens with zero attached hydrogens (tertiary/aromatic N) is 1. The number of aryl methyl sites for hydroxylation is 1. The third-order valence-electron chi connectivity index (χ3n) is 3.62. The van der Waals surface area contributed by atoms with Crippen LogP contribution in [0, 0.1) is 12.8 Å². The molecule has 0 atom stereocenters. The SMILES string of the molecule is Cc1ccsc1CN(C)C(=O)C1CCC(=O)CC1. The van der Waals surface area contributed by atoms with Crippen LogP contribution in [0.3, 0.4) is 0 Å². The van der Waals surface area contributed by atoms with Crippen LogP contribution in [0.5, 0.6) is 0 Å². The summed E-state index contributed by atoms with van der Waals surface area (Å²) in [5.74, 6) is 0.541. The first-order chi connectivity index (χ1) is 8.58. The van der Waals surface area contributed by atoms with Gasteiger partial charge in [-0.25, -0.2) is 0 Å². The summed E-state index contributed by atoms with van der Waals surface area (Å²) < 4.78 is 0. The normalized spacial score (nSPS) is 16.9. The fourth-order valence-electron chi connectivity index (χ4n) is 2.36. The maximum absolute atomic E-state index is 12.3. The zero-order valence-corrected chi connectivity index (χ0v) is 11.8. The average molecular weight is 265 g/mol. The molecule has 1 fully saturated rings. The van der Waals surface area contributed by atoms with Gasteiger partial charge in [0.2, 0.25) is 5.91 Å². The van der Waals surface area contributed by atoms with Crippen molar-refractivity contribution >= 4 is 23.0 Å². The smallest absolute Gasteiger partial charge is 0.225 e. The highest BCUT2D eigenvalue weighted by atomic mass is 32.1. The number of amides is 1. The predicted molar refractivity (Wildman–Crippen MR) is 72.5 cm³/mol. The van der Waals surface area contributed by atoms with E-state index < -0.39 is 0 Å². The lowest BCUT2D eigenvalue weighted by Crippen LogP contribution is -2.34. The van der Waals surface area contributed by atoms with Crippen molar-refractivity contribution in [3.63, 3.8) is 0 Å². The standard InChI is InChI=1S/C14H19NO2S/c1-10-7-8-18-13(10)9-15(2)14(17)11-3-5-12(16)6-4-11/h7-8,11H,3-6,9H2,1-2H3. The quantitative estimate of drug-likeness (QED) is 0.842. The average Bonchev–Trinajstić information content (AvgIpc) is 2.75. The van der Waals surface area contributed by atoms with Crippen LogP contribution < -0.4 is 0 Å². The molecular formula is C14H19NO2S. The Labute approximate surface area is 112 Å². The number of carbonyl (C=O) groups is 2. The number of carbonyl (C=O) groups excluding carboxylic acids is 2. The molecule has 0 spiro atoms. The minimum Gasteiger partial charge on any atom is -0.340 e. The summed E-state index contributed by atoms with van der Waals surface area (Å²) in [7, 11) is 1.86. The monoisotopic (exact) mass is 265 g/mol. The molecule has 2 rings (SSSR count). The van der Waals surface area contributed by atoms with E-state index in [1.165, 1.54) is 10.4 Å². The highest BCUT2D eigenvalue weighted by Gasteiger charge is 2.27. The molecule has 1 amide bonds. The van der Waals surface area contributed by atoms with Crippen molar-refractivity contribution in [3.8, 4) is 0 Å². The van der Waals surface area contributed by atoms with E-state index in [0.29, 0.717) is 25.2 Å². The Hall–Kier alpha value is -1.16. The van der Waals surface area contributed by atoms with Gasteiger partial charge < -0.3 is 4.90 Å². The number of hydrogen-bond donors (Lipinski definition) is 0. The Balaban J connectivity index is 1.92. The summed E-state index contributed by atoms with van der Waals surface area (Å²) in [4.78, 5) is 26.5. The van der Waals surface area contributed by atoms with Crippen molar-refractivity contribution in [3.05, 3.63) is 21.9 Å². The van der Waals surface area contributed by atoms with E-state index in [9.17, 15) is 9.59 Å². The van der Waals surface area contributed by atoms with Crippen molar-refractivity contribution in [2.24, 2.45) is 5.92 Å². The van der Waals surface area contributed by atoms with Gasteiger partial charge in [0.15, 0.2) is 0 Å². The number of thiophene rings is 1. The molecule has 0 unspecified atom stereocenters. The zero-order valence-electron chi connectivity index (χ0n) is 10.9. The second kappa shape index (κ2) is 5.65. The van der Waals surface area contributed by atoms with Crippen LogP contribution in [0.1, 0.15) is 36.1 Å². The highest BCUT2D eigenvalue weighted by Crippen LogP contribution is 2.25. The summed E-state index contributed by atoms with van der Waals surface area (Å²) in [6.45, 7) is 2.76. The van der Waals surface area contributed by atoms with E-state index in [1.807, 2.05) is 7.05 Å². The van der Waals surface area contributed by atoms with Crippen molar-refractivity contribution in [2.75, 3.05) is 7.05 Å². The summed E-state index contributed by atoms with van der Waals surface area (Å²) in [6, 6.07) is 2.08. The van der Waals surface area contributed by atoms with E-state index in [2.05, 4.69) is 18.4 Å². The first-order valence-corrected chi connectivity index (χ1v) is 7.25. The van der Waals surface area contributed by atoms with Crippen LogP contribution in [0.4, 0.5) is 0 Å². The molecule has 1 saturated carbocycles. The van der Waals surface area contributed by atoms with Crippen molar-refractivity contribution < 1.29 is 9.59 Å². The van der Waals surface area contributed by atoms with Crippen molar-refractivity contribution in [1.82, 2.24) is 4.90 Å². The topological polar surface area (TPSA) is 37.4 Å². The van der Waals surface area contributed by atoms with Crippen LogP contribution in [0.2, 0.25) is 0 Å². The number of hydrogen-bond acceptors (Lipinski definition) is 3. The summed E-state index contributed by atoms with van der Waals surface area (Å²) in [6.07, 6.45) is 2.60. The van der Waals surface area contributed by atoms with Gasteiger partial charge in [-0.05, 0) is 36.8 Å². The van der Waals surface area contributed by atoms with E-state index in [1.54, 1.807) is 16.2 Å². The van der Waals surface area contributed by atoms with Gasteiger partial charge in [0.25, 0.3) is 0 Å². The summed E-state index contributed by atoms with van der Waals surface area (Å²) in [5, 5.41) is 2.06. The van der Waals surface area contributed by atoms with E-state index in [0.717, 1.165) is 12.8 Å². The van der Waals surface area contributed by atoms with Gasteiger partial charge in [-0.1, -0.05) is 0 Å². The number of rotatable bonds is 3. The lowest BCUT2D eigenvalue weighted by Gasteiger charge is -2.25. The maximum atomic E-state index is 12.3. The van der Waals surface area contributed by atoms with Gasteiger partial charge in [0.1, 0.15) is 5.78 Å². The van der Waals surface area contributed by atoms with Crippen LogP contribution in [0.25, 0.3) is 0 Å². The molecule has 0 saturated heterocycles. The lowest BCUT2D eigenvalue weighted by atomic mass is 9.87. The largest absolute Gasteiger partial charge is 0.340 e. The number of ketones is 1. The molecule has 98 valence electrons. The Morgan fingerprint density at radius 1 is 1.44 bits per heavy atom. The molecule has 1 aromatic rings. The molecule has 1 aromatic heterocycles. The van der Waals surface area contributed by atoms with Gasteiger partial charge >= 0.3 is 0 Å². The number of Topliss-reactive ketones (excluding diaryl/α,β-unsaturated/α-hetero) is 1. The van der Waals surface area contributed by atoms with E-state index in [-0.39, 0.29) is 11.8 Å². The second-order valence-electron chi connectivity index (χ2n) is 5.03. The Bertz CT molecular complexity index is 442. The van der Waals surface area contributed by atoms with Gasteiger partial charge in [0.05, 0.1) is 6.54 Å². The third-order valence-corrected chi connectivity index (χ3v) is 4.63. The second-order valence-corrected chi connectivity index (χ2v) is 6.03. The van der Waals surface area contributed by atoms with E-state index >= 15 is 0 Å². The first kappa shape index (κ1) is 13.3. The maximum Gasteiger partial charge on any atom is 0.225 e. The predicted octanol–water partition coefficient (Wildman–Crippen LogP) is 2.77. The molecule has 0 radical (unpaired) electrons. The Morgan fingerprint density at radius 3 is 2.67 bits per heavy atom. The minimum absolute atomic E-state index is 0.0490. The van der Waals surface area contributed by atoms with Crippen molar-refractivity contribution in [1.29, 1.82) is 0 Å².